The first-order chi connectivity index (χ1) is 7.56. The van der Waals surface area contributed by atoms with Gasteiger partial charge in [0.05, 0.1) is 5.56 Å². The van der Waals surface area contributed by atoms with E-state index in [2.05, 4.69) is 15.3 Å². The van der Waals surface area contributed by atoms with Crippen LogP contribution in [0, 0.1) is 0 Å². The molecule has 88 valence electrons. The van der Waals surface area contributed by atoms with Gasteiger partial charge in [0, 0.05) is 6.54 Å². The minimum atomic E-state index is -2.87. The minimum Gasteiger partial charge on any atom is -0.385 e. The monoisotopic (exact) mass is 251 g/mol. The van der Waals surface area contributed by atoms with Gasteiger partial charge in [-0.1, -0.05) is 11.6 Å². The first-order valence-corrected chi connectivity index (χ1v) is 4.59. The Morgan fingerprint density at radius 1 is 1.56 bits per heavy atom. The zero-order valence-corrected chi connectivity index (χ0v) is 8.66. The third-order valence-corrected chi connectivity index (χ3v) is 2.02. The molecule has 0 aromatic carbocycles. The van der Waals surface area contributed by atoms with Crippen molar-refractivity contribution in [3.05, 3.63) is 17.0 Å². The number of anilines is 1. The molecule has 16 heavy (non-hydrogen) atoms. The highest BCUT2D eigenvalue weighted by Gasteiger charge is 2.17. The van der Waals surface area contributed by atoms with Gasteiger partial charge < -0.3 is 10.4 Å². The van der Waals surface area contributed by atoms with Crippen molar-refractivity contribution in [2.45, 2.75) is 12.5 Å². The highest BCUT2D eigenvalue weighted by atomic mass is 35.5. The molecule has 0 radical (unpaired) electrons. The molecule has 8 heteroatoms. The average molecular weight is 252 g/mol. The molecular weight excluding hydrogens is 244 g/mol. The fourth-order valence-electron chi connectivity index (χ4n) is 0.910. The van der Waals surface area contributed by atoms with Gasteiger partial charge in [0.2, 0.25) is 0 Å². The summed E-state index contributed by atoms with van der Waals surface area (Å²) in [6.45, 7) is -0.439. The number of alkyl halides is 2. The lowest BCUT2D eigenvalue weighted by molar-refractivity contribution is 0.00380. The van der Waals surface area contributed by atoms with E-state index in [0.29, 0.717) is 6.29 Å². The van der Waals surface area contributed by atoms with Crippen molar-refractivity contribution in [1.82, 2.24) is 9.97 Å². The molecule has 2 N–H and O–H groups in total. The lowest BCUT2D eigenvalue weighted by Gasteiger charge is -2.12. The number of aldehydes is 1. The number of hydrogen-bond donors (Lipinski definition) is 2. The Kier molecular flexibility index (Phi) is 4.51. The van der Waals surface area contributed by atoms with Crippen molar-refractivity contribution in [3.8, 4) is 0 Å². The lowest BCUT2D eigenvalue weighted by Crippen LogP contribution is -2.27. The first kappa shape index (κ1) is 12.7. The molecule has 0 bridgehead atoms. The Balaban J connectivity index is 2.74. The second-order valence-corrected chi connectivity index (χ2v) is 3.19. The molecule has 1 aromatic heterocycles. The predicted molar refractivity (Wildman–Crippen MR) is 52.9 cm³/mol. The number of aliphatic hydroxyl groups excluding tert-OH is 1. The fourth-order valence-corrected chi connectivity index (χ4v) is 1.09. The van der Waals surface area contributed by atoms with Crippen LogP contribution in [0.3, 0.4) is 0 Å². The molecule has 0 aliphatic rings. The van der Waals surface area contributed by atoms with E-state index in [1.54, 1.807) is 0 Å². The summed E-state index contributed by atoms with van der Waals surface area (Å²) in [5.41, 5.74) is -0.0365. The van der Waals surface area contributed by atoms with Gasteiger partial charge in [-0.05, 0) is 0 Å². The van der Waals surface area contributed by atoms with Gasteiger partial charge in [0.1, 0.15) is 23.4 Å². The van der Waals surface area contributed by atoms with Crippen molar-refractivity contribution in [1.29, 1.82) is 0 Å². The maximum Gasteiger partial charge on any atom is 0.265 e. The summed E-state index contributed by atoms with van der Waals surface area (Å²) in [6, 6.07) is 0. The van der Waals surface area contributed by atoms with Gasteiger partial charge in [-0.2, -0.15) is 0 Å². The quantitative estimate of drug-likeness (QED) is 0.603. The molecule has 1 rings (SSSR count). The van der Waals surface area contributed by atoms with Crippen LogP contribution in [-0.2, 0) is 0 Å². The molecular formula is C8H8ClF2N3O2. The number of nitrogens with zero attached hydrogens (tertiary/aromatic N) is 2. The number of carbonyl (C=O) groups is 1. The van der Waals surface area contributed by atoms with Gasteiger partial charge in [0.25, 0.3) is 6.43 Å². The number of nitrogens with one attached hydrogen (secondary N) is 1. The van der Waals surface area contributed by atoms with Crippen molar-refractivity contribution in [3.63, 3.8) is 0 Å². The summed E-state index contributed by atoms with van der Waals surface area (Å²) >= 11 is 5.57. The molecule has 1 aromatic rings. The van der Waals surface area contributed by atoms with Crippen LogP contribution in [0.25, 0.3) is 0 Å². The van der Waals surface area contributed by atoms with E-state index >= 15 is 0 Å². The largest absolute Gasteiger partial charge is 0.385 e. The molecule has 5 nitrogen and oxygen atoms in total. The fraction of sp³-hybridized carbons (Fsp3) is 0.375. The van der Waals surface area contributed by atoms with Crippen LogP contribution in [0.15, 0.2) is 6.33 Å². The SMILES string of the molecule is O=Cc1c(Cl)ncnc1NCC(O)C(F)F. The second-order valence-electron chi connectivity index (χ2n) is 2.83. The third-order valence-electron chi connectivity index (χ3n) is 1.72. The van der Waals surface area contributed by atoms with E-state index in [9.17, 15) is 13.6 Å². The van der Waals surface area contributed by atoms with Crippen molar-refractivity contribution < 1.29 is 18.7 Å². The van der Waals surface area contributed by atoms with Gasteiger partial charge in [-0.25, -0.2) is 18.7 Å². The highest BCUT2D eigenvalue weighted by Crippen LogP contribution is 2.17. The van der Waals surface area contributed by atoms with Crippen molar-refractivity contribution >= 4 is 23.7 Å². The van der Waals surface area contributed by atoms with E-state index in [0.717, 1.165) is 6.33 Å². The maximum atomic E-state index is 12.0. The van der Waals surface area contributed by atoms with Crippen LogP contribution < -0.4 is 5.32 Å². The predicted octanol–water partition coefficient (Wildman–Crippen LogP) is 0.980. The van der Waals surface area contributed by atoms with E-state index in [-0.39, 0.29) is 16.5 Å². The van der Waals surface area contributed by atoms with Crippen LogP contribution in [0.1, 0.15) is 10.4 Å². The topological polar surface area (TPSA) is 75.1 Å². The Morgan fingerprint density at radius 3 is 2.81 bits per heavy atom. The van der Waals surface area contributed by atoms with Crippen molar-refractivity contribution in [2.75, 3.05) is 11.9 Å². The Hall–Kier alpha value is -1.34. The van der Waals surface area contributed by atoms with Crippen LogP contribution in [0.5, 0.6) is 0 Å². The standard InChI is InChI=1S/C8H8ClF2N3O2/c9-6-4(2-15)8(14-3-13-6)12-1-5(16)7(10)11/h2-3,5,7,16H,1H2,(H,12,13,14). The maximum absolute atomic E-state index is 12.0. The normalized spacial score (nSPS) is 12.6. The zero-order chi connectivity index (χ0) is 12.1. The summed E-state index contributed by atoms with van der Waals surface area (Å²) in [4.78, 5) is 17.8. The molecule has 0 aliphatic carbocycles. The molecule has 0 amide bonds. The van der Waals surface area contributed by atoms with Crippen LogP contribution in [-0.4, -0.2) is 40.4 Å². The molecule has 1 unspecified atom stereocenters. The Morgan fingerprint density at radius 2 is 2.25 bits per heavy atom. The minimum absolute atomic E-state index is 0.00898. The summed E-state index contributed by atoms with van der Waals surface area (Å²) in [5, 5.41) is 11.1. The lowest BCUT2D eigenvalue weighted by atomic mass is 10.3. The molecule has 0 saturated carbocycles. The smallest absolute Gasteiger partial charge is 0.265 e. The Bertz CT molecular complexity index is 378. The van der Waals surface area contributed by atoms with Crippen molar-refractivity contribution in [2.24, 2.45) is 0 Å². The van der Waals surface area contributed by atoms with E-state index in [1.165, 1.54) is 0 Å². The number of rotatable bonds is 5. The third kappa shape index (κ3) is 3.07. The van der Waals surface area contributed by atoms with Crippen LogP contribution >= 0.6 is 11.6 Å². The first-order valence-electron chi connectivity index (χ1n) is 4.22. The second kappa shape index (κ2) is 5.66. The molecule has 1 atom stereocenters. The molecule has 0 saturated heterocycles. The van der Waals surface area contributed by atoms with Crippen LogP contribution in [0.4, 0.5) is 14.6 Å². The number of hydrogen-bond acceptors (Lipinski definition) is 5. The highest BCUT2D eigenvalue weighted by molar-refractivity contribution is 6.32. The van der Waals surface area contributed by atoms with Crippen LogP contribution in [0.2, 0.25) is 5.15 Å². The number of carbonyl (C=O) groups excluding carboxylic acids is 1. The van der Waals surface area contributed by atoms with Gasteiger partial charge in [-0.3, -0.25) is 4.79 Å². The molecule has 0 spiro atoms. The van der Waals surface area contributed by atoms with Gasteiger partial charge >= 0.3 is 0 Å². The molecule has 1 heterocycles. The molecule has 0 fully saturated rings. The van der Waals surface area contributed by atoms with Gasteiger partial charge in [-0.15, -0.1) is 0 Å². The van der Waals surface area contributed by atoms with E-state index in [4.69, 9.17) is 16.7 Å². The molecule has 0 aliphatic heterocycles. The number of aromatic nitrogens is 2. The van der Waals surface area contributed by atoms with Gasteiger partial charge in [0.15, 0.2) is 6.29 Å². The summed E-state index contributed by atoms with van der Waals surface area (Å²) in [7, 11) is 0. The Labute approximate surface area is 94.5 Å². The van der Waals surface area contributed by atoms with E-state index < -0.39 is 19.1 Å². The average Bonchev–Trinajstić information content (AvgIpc) is 2.25. The van der Waals surface area contributed by atoms with E-state index in [1.807, 2.05) is 0 Å². The summed E-state index contributed by atoms with van der Waals surface area (Å²) in [6.07, 6.45) is -3.23. The summed E-state index contributed by atoms with van der Waals surface area (Å²) < 4.78 is 23.9. The zero-order valence-electron chi connectivity index (χ0n) is 7.90. The summed E-state index contributed by atoms with van der Waals surface area (Å²) in [5.74, 6) is 0.00898. The number of aliphatic hydroxyl groups is 1. The number of halogens is 3.